The van der Waals surface area contributed by atoms with Crippen molar-refractivity contribution in [3.63, 3.8) is 0 Å². The van der Waals surface area contributed by atoms with Crippen LogP contribution >= 0.6 is 0 Å². The summed E-state index contributed by atoms with van der Waals surface area (Å²) in [7, 11) is 1.88. The van der Waals surface area contributed by atoms with Crippen molar-refractivity contribution in [2.75, 3.05) is 58.0 Å². The van der Waals surface area contributed by atoms with Gasteiger partial charge in [-0.05, 0) is 36.3 Å². The van der Waals surface area contributed by atoms with E-state index in [0.717, 1.165) is 60.5 Å². The summed E-state index contributed by atoms with van der Waals surface area (Å²) in [5, 5.41) is 1.12. The van der Waals surface area contributed by atoms with E-state index in [4.69, 9.17) is 9.73 Å². The molecule has 0 aliphatic carbocycles. The quantitative estimate of drug-likeness (QED) is 0.803. The summed E-state index contributed by atoms with van der Waals surface area (Å²) in [5.41, 5.74) is 3.70. The number of H-pyrrole nitrogens is 1. The molecule has 1 aromatic carbocycles. The zero-order chi connectivity index (χ0) is 19.3. The van der Waals surface area contributed by atoms with E-state index < -0.39 is 0 Å². The third-order valence-corrected chi connectivity index (χ3v) is 5.22. The van der Waals surface area contributed by atoms with Crippen molar-refractivity contribution in [1.29, 1.82) is 0 Å². The Bertz CT molecular complexity index is 980. The van der Waals surface area contributed by atoms with E-state index in [9.17, 15) is 4.39 Å². The van der Waals surface area contributed by atoms with Gasteiger partial charge >= 0.3 is 0 Å². The highest BCUT2D eigenvalue weighted by Crippen LogP contribution is 2.13. The zero-order valence-corrected chi connectivity index (χ0v) is 16.1. The van der Waals surface area contributed by atoms with Crippen LogP contribution in [0.5, 0.6) is 0 Å². The standard InChI is InChI=1S/C22H25FN4O/c1-26(9-8-23)20-6-3-17(4-7-20)2-5-19-14-18-15-21(16-24-22(18)25-19)27-10-12-28-13-11-27/h3-4,6-7,14-15,21H,8-13,16H2,1H3,(H,24,25). The Hall–Kier alpha value is -2.62. The van der Waals surface area contributed by atoms with E-state index in [1.807, 2.05) is 36.2 Å². The van der Waals surface area contributed by atoms with Crippen LogP contribution in [-0.4, -0.2) is 69.0 Å². The lowest BCUT2D eigenvalue weighted by Crippen LogP contribution is -2.47. The molecule has 2 aliphatic heterocycles. The van der Waals surface area contributed by atoms with Crippen LogP contribution in [0, 0.1) is 11.8 Å². The molecule has 0 radical (unpaired) electrons. The number of morpholine rings is 1. The third kappa shape index (κ3) is 4.27. The molecule has 0 spiro atoms. The fourth-order valence-corrected chi connectivity index (χ4v) is 3.55. The number of fused-ring (bicyclic) bond motifs is 1. The summed E-state index contributed by atoms with van der Waals surface area (Å²) in [6.07, 6.45) is 2.28. The first kappa shape index (κ1) is 18.7. The molecule has 0 bridgehead atoms. The minimum absolute atomic E-state index is 0.335. The molecule has 146 valence electrons. The Labute approximate surface area is 164 Å². The van der Waals surface area contributed by atoms with Crippen molar-refractivity contribution < 1.29 is 9.13 Å². The fraction of sp³-hybridized carbons (Fsp3) is 0.409. The van der Waals surface area contributed by atoms with Crippen molar-refractivity contribution >= 4 is 11.8 Å². The Morgan fingerprint density at radius 2 is 2.04 bits per heavy atom. The normalized spacial score (nSPS) is 19.0. The van der Waals surface area contributed by atoms with Crippen LogP contribution in [0.25, 0.3) is 6.08 Å². The first-order valence-electron chi connectivity index (χ1n) is 9.69. The van der Waals surface area contributed by atoms with Crippen LogP contribution in [0.3, 0.4) is 0 Å². The third-order valence-electron chi connectivity index (χ3n) is 5.22. The number of aromatic amines is 1. The lowest BCUT2D eigenvalue weighted by atomic mass is 10.1. The van der Waals surface area contributed by atoms with Gasteiger partial charge in [0.1, 0.15) is 12.2 Å². The molecule has 5 nitrogen and oxygen atoms in total. The van der Waals surface area contributed by atoms with E-state index in [1.54, 1.807) is 0 Å². The molecule has 28 heavy (non-hydrogen) atoms. The molecule has 0 amide bonds. The molecule has 1 unspecified atom stereocenters. The fourth-order valence-electron chi connectivity index (χ4n) is 3.55. The first-order valence-corrected chi connectivity index (χ1v) is 9.69. The highest BCUT2D eigenvalue weighted by Gasteiger charge is 2.20. The van der Waals surface area contributed by atoms with Crippen molar-refractivity contribution in [1.82, 2.24) is 9.88 Å². The Morgan fingerprint density at radius 1 is 1.25 bits per heavy atom. The Balaban J connectivity index is 1.48. The van der Waals surface area contributed by atoms with E-state index in [-0.39, 0.29) is 6.67 Å². The summed E-state index contributed by atoms with van der Waals surface area (Å²) < 4.78 is 17.9. The van der Waals surface area contributed by atoms with E-state index in [0.29, 0.717) is 12.6 Å². The Morgan fingerprint density at radius 3 is 2.79 bits per heavy atom. The SMILES string of the molecule is CN(CCF)c1ccc(C#Cc2cc3c([nH]2)=NCC(N2CCOCC2)C=3)cc1. The summed E-state index contributed by atoms with van der Waals surface area (Å²) in [6, 6.07) is 10.3. The molecule has 2 aromatic rings. The number of hydrogen-bond donors (Lipinski definition) is 1. The molecule has 0 saturated carbocycles. The van der Waals surface area contributed by atoms with Gasteiger partial charge in [-0.1, -0.05) is 12.0 Å². The Kier molecular flexibility index (Phi) is 5.75. The van der Waals surface area contributed by atoms with Crippen LogP contribution in [0.1, 0.15) is 11.3 Å². The number of alkyl halides is 1. The summed E-state index contributed by atoms with van der Waals surface area (Å²) >= 11 is 0. The van der Waals surface area contributed by atoms with E-state index in [2.05, 4.69) is 33.9 Å². The molecule has 1 atom stereocenters. The van der Waals surface area contributed by atoms with Gasteiger partial charge in [0, 0.05) is 49.2 Å². The maximum atomic E-state index is 12.5. The average Bonchev–Trinajstić information content (AvgIpc) is 3.15. The average molecular weight is 380 g/mol. The zero-order valence-electron chi connectivity index (χ0n) is 16.1. The molecule has 1 fully saturated rings. The molecule has 1 aromatic heterocycles. The van der Waals surface area contributed by atoms with Gasteiger partial charge in [-0.3, -0.25) is 9.89 Å². The second-order valence-corrected chi connectivity index (χ2v) is 7.12. The number of nitrogens with one attached hydrogen (secondary N) is 1. The second kappa shape index (κ2) is 8.59. The highest BCUT2D eigenvalue weighted by atomic mass is 19.1. The highest BCUT2D eigenvalue weighted by molar-refractivity contribution is 5.51. The largest absolute Gasteiger partial charge is 0.379 e. The van der Waals surface area contributed by atoms with Gasteiger partial charge in [0.15, 0.2) is 0 Å². The van der Waals surface area contributed by atoms with Crippen molar-refractivity contribution in [2.45, 2.75) is 6.04 Å². The number of hydrogen-bond acceptors (Lipinski definition) is 4. The van der Waals surface area contributed by atoms with Gasteiger partial charge in [0.05, 0.1) is 25.5 Å². The van der Waals surface area contributed by atoms with Crippen molar-refractivity contribution in [2.24, 2.45) is 4.99 Å². The monoisotopic (exact) mass is 380 g/mol. The maximum Gasteiger partial charge on any atom is 0.133 e. The summed E-state index contributed by atoms with van der Waals surface area (Å²) in [5.74, 6) is 6.38. The van der Waals surface area contributed by atoms with Gasteiger partial charge in [-0.15, -0.1) is 0 Å². The van der Waals surface area contributed by atoms with Gasteiger partial charge < -0.3 is 14.6 Å². The first-order chi connectivity index (χ1) is 13.7. The number of halogens is 1. The predicted molar refractivity (Wildman–Crippen MR) is 109 cm³/mol. The maximum absolute atomic E-state index is 12.5. The molecular weight excluding hydrogens is 355 g/mol. The molecule has 1 N–H and O–H groups in total. The smallest absolute Gasteiger partial charge is 0.133 e. The summed E-state index contributed by atoms with van der Waals surface area (Å²) in [4.78, 5) is 12.3. The molecule has 3 heterocycles. The lowest BCUT2D eigenvalue weighted by molar-refractivity contribution is 0.0293. The number of aromatic nitrogens is 1. The molecule has 2 aliphatic rings. The molecule has 1 saturated heterocycles. The lowest BCUT2D eigenvalue weighted by Gasteiger charge is -2.32. The van der Waals surface area contributed by atoms with Crippen LogP contribution in [0.15, 0.2) is 35.3 Å². The minimum Gasteiger partial charge on any atom is -0.379 e. The van der Waals surface area contributed by atoms with Crippen LogP contribution < -0.4 is 15.6 Å². The van der Waals surface area contributed by atoms with Crippen LogP contribution in [0.2, 0.25) is 0 Å². The number of benzene rings is 1. The van der Waals surface area contributed by atoms with E-state index in [1.165, 1.54) is 0 Å². The van der Waals surface area contributed by atoms with Crippen LogP contribution in [0.4, 0.5) is 10.1 Å². The topological polar surface area (TPSA) is 43.9 Å². The molecule has 6 heteroatoms. The van der Waals surface area contributed by atoms with E-state index >= 15 is 0 Å². The number of nitrogens with zero attached hydrogens (tertiary/aromatic N) is 3. The second-order valence-electron chi connectivity index (χ2n) is 7.12. The van der Waals surface area contributed by atoms with Gasteiger partial charge in [-0.25, -0.2) is 4.39 Å². The number of rotatable bonds is 4. The minimum atomic E-state index is -0.357. The van der Waals surface area contributed by atoms with Gasteiger partial charge in [-0.2, -0.15) is 0 Å². The summed E-state index contributed by atoms with van der Waals surface area (Å²) in [6.45, 7) is 4.31. The van der Waals surface area contributed by atoms with Gasteiger partial charge in [0.25, 0.3) is 0 Å². The van der Waals surface area contributed by atoms with Crippen molar-refractivity contribution in [3.8, 4) is 11.8 Å². The molecule has 4 rings (SSSR count). The van der Waals surface area contributed by atoms with Crippen LogP contribution in [-0.2, 0) is 4.74 Å². The molecular formula is C22H25FN4O. The van der Waals surface area contributed by atoms with Gasteiger partial charge in [0.2, 0.25) is 0 Å². The predicted octanol–water partition coefficient (Wildman–Crippen LogP) is 0.935. The van der Waals surface area contributed by atoms with Crippen molar-refractivity contribution in [3.05, 3.63) is 52.3 Å². The number of ether oxygens (including phenoxy) is 1. The number of anilines is 1.